The summed E-state index contributed by atoms with van der Waals surface area (Å²) in [5, 5.41) is -0.536. The van der Waals surface area contributed by atoms with Crippen molar-refractivity contribution in [3.8, 4) is 0 Å². The van der Waals surface area contributed by atoms with Gasteiger partial charge in [-0.25, -0.2) is 8.42 Å². The van der Waals surface area contributed by atoms with Crippen LogP contribution in [0.25, 0.3) is 0 Å². The third-order valence-corrected chi connectivity index (χ3v) is 5.91. The van der Waals surface area contributed by atoms with Crippen molar-refractivity contribution < 1.29 is 8.42 Å². The Kier molecular flexibility index (Phi) is 6.01. The molecule has 2 atom stereocenters. The molecule has 0 aliphatic heterocycles. The standard InChI is InChI=1S/C15H25NO2S/c1-4-6-11-19(17,18)12(3)15(16)14-9-7-13(5-2)8-10-14/h7-10,12,15H,4-6,11,16H2,1-3H3. The second-order valence-corrected chi connectivity index (χ2v) is 7.52. The summed E-state index contributed by atoms with van der Waals surface area (Å²) < 4.78 is 24.3. The Bertz CT molecular complexity index is 479. The van der Waals surface area contributed by atoms with E-state index in [2.05, 4.69) is 6.92 Å². The predicted molar refractivity (Wildman–Crippen MR) is 80.9 cm³/mol. The Morgan fingerprint density at radius 2 is 1.74 bits per heavy atom. The van der Waals surface area contributed by atoms with Gasteiger partial charge in [0.15, 0.2) is 9.84 Å². The molecule has 3 nitrogen and oxygen atoms in total. The number of benzene rings is 1. The van der Waals surface area contributed by atoms with Gasteiger partial charge in [0.05, 0.1) is 11.0 Å². The zero-order valence-corrected chi connectivity index (χ0v) is 12.9. The molecular weight excluding hydrogens is 258 g/mol. The topological polar surface area (TPSA) is 60.2 Å². The Morgan fingerprint density at radius 3 is 2.21 bits per heavy atom. The third-order valence-electron chi connectivity index (χ3n) is 3.63. The van der Waals surface area contributed by atoms with E-state index in [1.54, 1.807) is 6.92 Å². The molecule has 0 amide bonds. The lowest BCUT2D eigenvalue weighted by atomic mass is 10.0. The summed E-state index contributed by atoms with van der Waals surface area (Å²) in [7, 11) is -3.11. The van der Waals surface area contributed by atoms with E-state index in [0.29, 0.717) is 6.42 Å². The van der Waals surface area contributed by atoms with Gasteiger partial charge in [-0.1, -0.05) is 44.5 Å². The molecule has 108 valence electrons. The first-order valence-corrected chi connectivity index (χ1v) is 8.69. The molecule has 0 radical (unpaired) electrons. The van der Waals surface area contributed by atoms with Crippen molar-refractivity contribution in [2.24, 2.45) is 5.73 Å². The van der Waals surface area contributed by atoms with Crippen molar-refractivity contribution in [1.82, 2.24) is 0 Å². The minimum absolute atomic E-state index is 0.228. The van der Waals surface area contributed by atoms with E-state index >= 15 is 0 Å². The van der Waals surface area contributed by atoms with Crippen molar-refractivity contribution in [2.75, 3.05) is 5.75 Å². The molecule has 1 aromatic rings. The number of sulfone groups is 1. The van der Waals surface area contributed by atoms with E-state index in [9.17, 15) is 8.42 Å². The molecule has 0 heterocycles. The average Bonchev–Trinajstić information content (AvgIpc) is 2.43. The van der Waals surface area contributed by atoms with E-state index in [4.69, 9.17) is 5.73 Å². The minimum Gasteiger partial charge on any atom is -0.323 e. The van der Waals surface area contributed by atoms with Crippen LogP contribution < -0.4 is 5.73 Å². The molecule has 1 rings (SSSR count). The number of aryl methyl sites for hydroxylation is 1. The van der Waals surface area contributed by atoms with E-state index < -0.39 is 21.1 Å². The molecule has 2 unspecified atom stereocenters. The molecule has 0 aliphatic carbocycles. The van der Waals surface area contributed by atoms with Crippen LogP contribution in [0.2, 0.25) is 0 Å². The normalized spacial score (nSPS) is 15.2. The zero-order valence-electron chi connectivity index (χ0n) is 12.1. The van der Waals surface area contributed by atoms with Gasteiger partial charge >= 0.3 is 0 Å². The van der Waals surface area contributed by atoms with Crippen LogP contribution in [-0.4, -0.2) is 19.4 Å². The SMILES string of the molecule is CCCCS(=O)(=O)C(C)C(N)c1ccc(CC)cc1. The van der Waals surface area contributed by atoms with Gasteiger partial charge < -0.3 is 5.73 Å². The first-order chi connectivity index (χ1) is 8.92. The molecule has 1 aromatic carbocycles. The van der Waals surface area contributed by atoms with Crippen LogP contribution in [0.1, 0.15) is 50.8 Å². The van der Waals surface area contributed by atoms with E-state index in [1.807, 2.05) is 31.2 Å². The van der Waals surface area contributed by atoms with Crippen LogP contribution >= 0.6 is 0 Å². The predicted octanol–water partition coefficient (Wildman–Crippen LogP) is 2.85. The maximum absolute atomic E-state index is 12.1. The summed E-state index contributed by atoms with van der Waals surface area (Å²) in [5.41, 5.74) is 8.24. The van der Waals surface area contributed by atoms with Gasteiger partial charge in [0.1, 0.15) is 0 Å². The van der Waals surface area contributed by atoms with E-state index in [-0.39, 0.29) is 5.75 Å². The molecule has 0 saturated heterocycles. The molecule has 0 spiro atoms. The molecule has 2 N–H and O–H groups in total. The maximum Gasteiger partial charge on any atom is 0.154 e. The Morgan fingerprint density at radius 1 is 1.16 bits per heavy atom. The van der Waals surface area contributed by atoms with Gasteiger partial charge in [-0.2, -0.15) is 0 Å². The van der Waals surface area contributed by atoms with Crippen LogP contribution in [0.15, 0.2) is 24.3 Å². The summed E-state index contributed by atoms with van der Waals surface area (Å²) >= 11 is 0. The Labute approximate surface area is 117 Å². The summed E-state index contributed by atoms with van der Waals surface area (Å²) in [6.45, 7) is 5.79. The minimum atomic E-state index is -3.11. The van der Waals surface area contributed by atoms with Crippen LogP contribution in [0.3, 0.4) is 0 Å². The van der Waals surface area contributed by atoms with Gasteiger partial charge in [-0.3, -0.25) is 0 Å². The molecule has 0 bridgehead atoms. The highest BCUT2D eigenvalue weighted by molar-refractivity contribution is 7.92. The molecule has 0 aliphatic rings. The van der Waals surface area contributed by atoms with Crippen molar-refractivity contribution in [1.29, 1.82) is 0 Å². The van der Waals surface area contributed by atoms with Gasteiger partial charge in [0.25, 0.3) is 0 Å². The summed E-state index contributed by atoms with van der Waals surface area (Å²) in [5.74, 6) is 0.228. The fraction of sp³-hybridized carbons (Fsp3) is 0.600. The van der Waals surface area contributed by atoms with Crippen LogP contribution in [0.4, 0.5) is 0 Å². The Balaban J connectivity index is 2.83. The second-order valence-electron chi connectivity index (χ2n) is 5.05. The van der Waals surface area contributed by atoms with E-state index in [1.165, 1.54) is 5.56 Å². The van der Waals surface area contributed by atoms with E-state index in [0.717, 1.165) is 18.4 Å². The smallest absolute Gasteiger partial charge is 0.154 e. The third kappa shape index (κ3) is 4.32. The molecule has 0 aromatic heterocycles. The Hall–Kier alpha value is -0.870. The summed E-state index contributed by atoms with van der Waals surface area (Å²) in [4.78, 5) is 0. The van der Waals surface area contributed by atoms with Crippen LogP contribution in [-0.2, 0) is 16.3 Å². The van der Waals surface area contributed by atoms with Gasteiger partial charge in [0, 0.05) is 6.04 Å². The largest absolute Gasteiger partial charge is 0.323 e. The molecule has 19 heavy (non-hydrogen) atoms. The van der Waals surface area contributed by atoms with Crippen molar-refractivity contribution in [3.63, 3.8) is 0 Å². The second kappa shape index (κ2) is 7.06. The lowest BCUT2D eigenvalue weighted by molar-refractivity contribution is 0.562. The van der Waals surface area contributed by atoms with Gasteiger partial charge in [-0.15, -0.1) is 0 Å². The van der Waals surface area contributed by atoms with Crippen LogP contribution in [0.5, 0.6) is 0 Å². The first-order valence-electron chi connectivity index (χ1n) is 6.98. The highest BCUT2D eigenvalue weighted by Crippen LogP contribution is 2.21. The van der Waals surface area contributed by atoms with Gasteiger partial charge in [0.2, 0.25) is 0 Å². The lowest BCUT2D eigenvalue weighted by Crippen LogP contribution is -2.32. The highest BCUT2D eigenvalue weighted by Gasteiger charge is 2.27. The number of hydrogen-bond donors (Lipinski definition) is 1. The number of hydrogen-bond acceptors (Lipinski definition) is 3. The number of unbranched alkanes of at least 4 members (excludes halogenated alkanes) is 1. The van der Waals surface area contributed by atoms with Crippen molar-refractivity contribution in [2.45, 2.75) is 51.3 Å². The van der Waals surface area contributed by atoms with Crippen molar-refractivity contribution in [3.05, 3.63) is 35.4 Å². The quantitative estimate of drug-likeness (QED) is 0.837. The molecular formula is C15H25NO2S. The zero-order chi connectivity index (χ0) is 14.5. The highest BCUT2D eigenvalue weighted by atomic mass is 32.2. The average molecular weight is 283 g/mol. The summed E-state index contributed by atoms with van der Waals surface area (Å²) in [6.07, 6.45) is 2.56. The number of nitrogens with two attached hydrogens (primary N) is 1. The van der Waals surface area contributed by atoms with Crippen LogP contribution in [0, 0.1) is 0 Å². The fourth-order valence-electron chi connectivity index (χ4n) is 2.00. The molecule has 4 heteroatoms. The lowest BCUT2D eigenvalue weighted by Gasteiger charge is -2.20. The van der Waals surface area contributed by atoms with Gasteiger partial charge in [-0.05, 0) is 30.9 Å². The van der Waals surface area contributed by atoms with Crippen molar-refractivity contribution >= 4 is 9.84 Å². The first kappa shape index (κ1) is 16.2. The monoisotopic (exact) mass is 283 g/mol. The number of rotatable bonds is 7. The molecule has 0 saturated carbocycles. The maximum atomic E-state index is 12.1. The summed E-state index contributed by atoms with van der Waals surface area (Å²) in [6, 6.07) is 7.46. The fourth-order valence-corrected chi connectivity index (χ4v) is 3.67. The molecule has 0 fully saturated rings.